The molecule has 1 aliphatic rings. The highest BCUT2D eigenvalue weighted by Crippen LogP contribution is 2.37. The lowest BCUT2D eigenvalue weighted by molar-refractivity contribution is -0.113. The summed E-state index contributed by atoms with van der Waals surface area (Å²) in [5, 5.41) is 25.0. The number of thiophene rings is 1. The topological polar surface area (TPSA) is 113 Å². The average Bonchev–Trinajstić information content (AvgIpc) is 3.37. The molecular weight excluding hydrogens is 456 g/mol. The number of hydrogen-bond acceptors (Lipinski definition) is 7. The summed E-state index contributed by atoms with van der Waals surface area (Å²) in [5.41, 5.74) is 2.28. The Hall–Kier alpha value is -3.16. The Balaban J connectivity index is 1.36. The Labute approximate surface area is 200 Å². The molecule has 1 aromatic carbocycles. The van der Waals surface area contributed by atoms with Crippen molar-refractivity contribution in [2.24, 2.45) is 7.05 Å². The first-order valence-corrected chi connectivity index (χ1v) is 12.5. The van der Waals surface area contributed by atoms with Crippen LogP contribution in [0.2, 0.25) is 0 Å². The Morgan fingerprint density at radius 1 is 1.24 bits per heavy atom. The van der Waals surface area contributed by atoms with Gasteiger partial charge in [0.1, 0.15) is 11.1 Å². The number of aromatic nitrogens is 3. The minimum atomic E-state index is -0.353. The van der Waals surface area contributed by atoms with Gasteiger partial charge in [0.15, 0.2) is 11.0 Å². The number of thioether (sulfide) groups is 1. The molecule has 2 N–H and O–H groups in total. The van der Waals surface area contributed by atoms with E-state index in [4.69, 9.17) is 0 Å². The number of nitrogens with one attached hydrogen (secondary N) is 2. The van der Waals surface area contributed by atoms with Gasteiger partial charge in [-0.2, -0.15) is 5.26 Å². The van der Waals surface area contributed by atoms with Crippen LogP contribution in [0.1, 0.15) is 58.0 Å². The molecule has 0 aliphatic heterocycles. The SMILES string of the molecule is C[C@H](NC(=O)c1ccccc1)c1nnc(SCC(=O)Nc2sc3c(c2C#N)CCCC3)n1C. The largest absolute Gasteiger partial charge is 0.342 e. The summed E-state index contributed by atoms with van der Waals surface area (Å²) >= 11 is 2.78. The monoisotopic (exact) mass is 480 g/mol. The maximum absolute atomic E-state index is 12.6. The van der Waals surface area contributed by atoms with Crippen LogP contribution in [0.4, 0.5) is 5.00 Å². The van der Waals surface area contributed by atoms with Gasteiger partial charge in [0.2, 0.25) is 5.91 Å². The van der Waals surface area contributed by atoms with Crippen LogP contribution in [0.15, 0.2) is 35.5 Å². The lowest BCUT2D eigenvalue weighted by Crippen LogP contribution is -2.28. The van der Waals surface area contributed by atoms with Gasteiger partial charge in [-0.1, -0.05) is 30.0 Å². The first-order valence-electron chi connectivity index (χ1n) is 10.7. The third-order valence-electron chi connectivity index (χ3n) is 5.51. The summed E-state index contributed by atoms with van der Waals surface area (Å²) in [4.78, 5) is 26.2. The smallest absolute Gasteiger partial charge is 0.251 e. The number of carbonyl (C=O) groups is 2. The fourth-order valence-electron chi connectivity index (χ4n) is 3.83. The van der Waals surface area contributed by atoms with Crippen molar-refractivity contribution in [1.29, 1.82) is 5.26 Å². The molecule has 2 amide bonds. The summed E-state index contributed by atoms with van der Waals surface area (Å²) in [6, 6.07) is 10.9. The van der Waals surface area contributed by atoms with E-state index in [1.807, 2.05) is 32.2 Å². The molecule has 8 nitrogen and oxygen atoms in total. The third kappa shape index (κ3) is 5.10. The molecule has 1 atom stereocenters. The molecule has 0 saturated heterocycles. The van der Waals surface area contributed by atoms with Crippen LogP contribution >= 0.6 is 23.1 Å². The molecule has 33 heavy (non-hydrogen) atoms. The maximum atomic E-state index is 12.6. The van der Waals surface area contributed by atoms with Crippen molar-refractivity contribution in [2.45, 2.75) is 43.8 Å². The van der Waals surface area contributed by atoms with Gasteiger partial charge in [0.25, 0.3) is 5.91 Å². The van der Waals surface area contributed by atoms with Crippen molar-refractivity contribution in [3.8, 4) is 6.07 Å². The van der Waals surface area contributed by atoms with Crippen LogP contribution in [0.5, 0.6) is 0 Å². The summed E-state index contributed by atoms with van der Waals surface area (Å²) in [6.45, 7) is 1.84. The molecule has 1 aliphatic carbocycles. The van der Waals surface area contributed by atoms with Gasteiger partial charge in [-0.05, 0) is 50.3 Å². The molecular formula is C23H24N6O2S2. The van der Waals surface area contributed by atoms with Gasteiger partial charge in [0.05, 0.1) is 17.4 Å². The Kier molecular flexibility index (Phi) is 7.11. The molecule has 0 fully saturated rings. The van der Waals surface area contributed by atoms with Crippen LogP contribution in [0.3, 0.4) is 0 Å². The first-order chi connectivity index (χ1) is 16.0. The number of hydrogen-bond donors (Lipinski definition) is 2. The van der Waals surface area contributed by atoms with Crippen LogP contribution < -0.4 is 10.6 Å². The zero-order valence-electron chi connectivity index (χ0n) is 18.4. The lowest BCUT2D eigenvalue weighted by Gasteiger charge is -2.13. The van der Waals surface area contributed by atoms with E-state index in [0.717, 1.165) is 31.2 Å². The molecule has 10 heteroatoms. The fraction of sp³-hybridized carbons (Fsp3) is 0.348. The minimum absolute atomic E-state index is 0.143. The molecule has 2 aromatic heterocycles. The van der Waals surface area contributed by atoms with Crippen molar-refractivity contribution >= 4 is 39.9 Å². The van der Waals surface area contributed by atoms with E-state index in [-0.39, 0.29) is 23.6 Å². The molecule has 0 saturated carbocycles. The van der Waals surface area contributed by atoms with Gasteiger partial charge in [0, 0.05) is 17.5 Å². The Bertz CT molecular complexity index is 1210. The van der Waals surface area contributed by atoms with Crippen molar-refractivity contribution < 1.29 is 9.59 Å². The molecule has 0 spiro atoms. The summed E-state index contributed by atoms with van der Waals surface area (Å²) < 4.78 is 1.78. The van der Waals surface area contributed by atoms with E-state index in [9.17, 15) is 14.9 Å². The second kappa shape index (κ2) is 10.2. The van der Waals surface area contributed by atoms with Crippen LogP contribution in [0.25, 0.3) is 0 Å². The van der Waals surface area contributed by atoms with Crippen molar-refractivity contribution in [3.05, 3.63) is 57.7 Å². The van der Waals surface area contributed by atoms with E-state index < -0.39 is 0 Å². The number of fused-ring (bicyclic) bond motifs is 1. The quantitative estimate of drug-likeness (QED) is 0.497. The number of rotatable bonds is 7. The lowest BCUT2D eigenvalue weighted by atomic mass is 9.96. The second-order valence-corrected chi connectivity index (χ2v) is 9.87. The maximum Gasteiger partial charge on any atom is 0.251 e. The highest BCUT2D eigenvalue weighted by Gasteiger charge is 2.23. The van der Waals surface area contributed by atoms with E-state index in [2.05, 4.69) is 26.9 Å². The number of aryl methyl sites for hydroxylation is 1. The van der Waals surface area contributed by atoms with Gasteiger partial charge < -0.3 is 15.2 Å². The van der Waals surface area contributed by atoms with Crippen molar-refractivity contribution in [3.63, 3.8) is 0 Å². The van der Waals surface area contributed by atoms with Crippen molar-refractivity contribution in [2.75, 3.05) is 11.1 Å². The Morgan fingerprint density at radius 2 is 2.00 bits per heavy atom. The Morgan fingerprint density at radius 3 is 2.76 bits per heavy atom. The molecule has 4 rings (SSSR count). The summed E-state index contributed by atoms with van der Waals surface area (Å²) in [6.07, 6.45) is 4.08. The fourth-order valence-corrected chi connectivity index (χ4v) is 5.80. The van der Waals surface area contributed by atoms with Crippen LogP contribution in [0, 0.1) is 11.3 Å². The number of anilines is 1. The molecule has 170 valence electrons. The normalized spacial score (nSPS) is 13.6. The summed E-state index contributed by atoms with van der Waals surface area (Å²) in [7, 11) is 1.81. The van der Waals surface area contributed by atoms with Gasteiger partial charge in [-0.15, -0.1) is 21.5 Å². The first kappa shape index (κ1) is 23.0. The predicted octanol–water partition coefficient (Wildman–Crippen LogP) is 3.85. The van der Waals surface area contributed by atoms with E-state index >= 15 is 0 Å². The average molecular weight is 481 g/mol. The standard InChI is InChI=1S/C23H24N6O2S2/c1-14(25-21(31)15-8-4-3-5-9-15)20-27-28-23(29(20)2)32-13-19(30)26-22-17(12-24)16-10-6-7-11-18(16)33-22/h3-5,8-9,14H,6-7,10-11,13H2,1-2H3,(H,25,31)(H,26,30)/t14-/m0/s1. The molecule has 3 aromatic rings. The molecule has 0 unspecified atom stereocenters. The van der Waals surface area contributed by atoms with Crippen molar-refractivity contribution in [1.82, 2.24) is 20.1 Å². The number of carbonyl (C=O) groups excluding carboxylic acids is 2. The highest BCUT2D eigenvalue weighted by molar-refractivity contribution is 7.99. The number of nitriles is 1. The predicted molar refractivity (Wildman–Crippen MR) is 128 cm³/mol. The third-order valence-corrected chi connectivity index (χ3v) is 7.74. The van der Waals surface area contributed by atoms with E-state index in [1.165, 1.54) is 28.0 Å². The molecule has 0 radical (unpaired) electrons. The molecule has 2 heterocycles. The van der Waals surface area contributed by atoms with Gasteiger partial charge in [-0.3, -0.25) is 9.59 Å². The van der Waals surface area contributed by atoms with Crippen LogP contribution in [-0.4, -0.2) is 32.3 Å². The summed E-state index contributed by atoms with van der Waals surface area (Å²) in [5.74, 6) is 0.362. The van der Waals surface area contributed by atoms with E-state index in [0.29, 0.717) is 27.1 Å². The van der Waals surface area contributed by atoms with Gasteiger partial charge in [-0.25, -0.2) is 0 Å². The molecule has 0 bridgehead atoms. The number of amides is 2. The van der Waals surface area contributed by atoms with Gasteiger partial charge >= 0.3 is 0 Å². The zero-order valence-corrected chi connectivity index (χ0v) is 20.1. The zero-order chi connectivity index (χ0) is 23.4. The number of nitrogens with zero attached hydrogens (tertiary/aromatic N) is 4. The second-order valence-electron chi connectivity index (χ2n) is 7.82. The van der Waals surface area contributed by atoms with Crippen LogP contribution in [-0.2, 0) is 24.7 Å². The van der Waals surface area contributed by atoms with E-state index in [1.54, 1.807) is 16.7 Å². The highest BCUT2D eigenvalue weighted by atomic mass is 32.2. The minimum Gasteiger partial charge on any atom is -0.342 e. The number of benzene rings is 1.